The molecule has 0 radical (unpaired) electrons. The van der Waals surface area contributed by atoms with Crippen molar-refractivity contribution in [2.45, 2.75) is 106 Å². The number of aldehydes is 2. The summed E-state index contributed by atoms with van der Waals surface area (Å²) in [5.41, 5.74) is -1.15. The molecule has 0 aromatic heterocycles. The van der Waals surface area contributed by atoms with Gasteiger partial charge in [0.05, 0.1) is 61.2 Å². The monoisotopic (exact) mass is 696 g/mol. The van der Waals surface area contributed by atoms with E-state index in [0.717, 1.165) is 12.6 Å². The highest BCUT2D eigenvalue weighted by atomic mass is 16.7. The summed E-state index contributed by atoms with van der Waals surface area (Å²) in [6, 6.07) is 0. The molecule has 13 atom stereocenters. The van der Waals surface area contributed by atoms with Gasteiger partial charge in [0, 0.05) is 64.0 Å². The predicted molar refractivity (Wildman–Crippen MR) is 171 cm³/mol. The van der Waals surface area contributed by atoms with Crippen LogP contribution in [0.2, 0.25) is 0 Å². The first kappa shape index (κ1) is 43.0. The molecule has 3 aliphatic heterocycles. The molecular formula is C33H60O15. The first-order chi connectivity index (χ1) is 22.8. The highest BCUT2D eigenvalue weighted by molar-refractivity contribution is 5.57. The normalized spacial score (nSPS) is 39.2. The second-order valence-electron chi connectivity index (χ2n) is 13.1. The van der Waals surface area contributed by atoms with Crippen LogP contribution in [0.4, 0.5) is 0 Å². The molecule has 0 aromatic rings. The highest BCUT2D eigenvalue weighted by Gasteiger charge is 2.55. The fourth-order valence-corrected chi connectivity index (χ4v) is 7.16. The lowest BCUT2D eigenvalue weighted by atomic mass is 9.82. The van der Waals surface area contributed by atoms with Gasteiger partial charge in [0.15, 0.2) is 6.29 Å². The van der Waals surface area contributed by atoms with Crippen molar-refractivity contribution in [3.8, 4) is 0 Å². The van der Waals surface area contributed by atoms with Crippen LogP contribution in [0.5, 0.6) is 0 Å². The van der Waals surface area contributed by atoms with E-state index in [9.17, 15) is 9.59 Å². The van der Waals surface area contributed by atoms with Crippen LogP contribution >= 0.6 is 0 Å². The van der Waals surface area contributed by atoms with Crippen molar-refractivity contribution in [2.75, 3.05) is 83.8 Å². The molecule has 0 aliphatic carbocycles. The third-order valence-corrected chi connectivity index (χ3v) is 9.28. The van der Waals surface area contributed by atoms with Crippen molar-refractivity contribution in [3.63, 3.8) is 0 Å². The van der Waals surface area contributed by atoms with Gasteiger partial charge in [-0.3, -0.25) is 0 Å². The van der Waals surface area contributed by atoms with Gasteiger partial charge in [0.1, 0.15) is 55.3 Å². The van der Waals surface area contributed by atoms with Gasteiger partial charge in [0.2, 0.25) is 0 Å². The first-order valence-electron chi connectivity index (χ1n) is 16.1. The molecule has 48 heavy (non-hydrogen) atoms. The number of ether oxygens (including phenoxy) is 13. The number of rotatable bonds is 16. The molecule has 0 bridgehead atoms. The Hall–Kier alpha value is -1.18. The SMILES string of the molecule is COCC1OC(C)(C)C(OC)C(OC)[C@H]1C=O.COCC1OC(O[C@@H]2C(COC)OC(C)(C)C(OC)C2OC)C(OC)C(OC)[C@H]1C=O. The summed E-state index contributed by atoms with van der Waals surface area (Å²) in [5, 5.41) is 0. The van der Waals surface area contributed by atoms with Crippen LogP contribution in [-0.4, -0.2) is 175 Å². The molecular weight excluding hydrogens is 636 g/mol. The van der Waals surface area contributed by atoms with E-state index >= 15 is 0 Å². The first-order valence-corrected chi connectivity index (χ1v) is 16.1. The number of carbonyl (C=O) groups is 2. The van der Waals surface area contributed by atoms with E-state index in [4.69, 9.17) is 61.6 Å². The maximum atomic E-state index is 11.8. The summed E-state index contributed by atoms with van der Waals surface area (Å²) >= 11 is 0. The largest absolute Gasteiger partial charge is 0.382 e. The zero-order chi connectivity index (χ0) is 36.2. The third kappa shape index (κ3) is 9.78. The Balaban J connectivity index is 0.000000397. The molecule has 0 N–H and O–H groups in total. The van der Waals surface area contributed by atoms with Crippen molar-refractivity contribution in [1.82, 2.24) is 0 Å². The topological polar surface area (TPSA) is 154 Å². The van der Waals surface area contributed by atoms with Crippen LogP contribution in [0, 0.1) is 11.8 Å². The summed E-state index contributed by atoms with van der Waals surface area (Å²) in [6.45, 7) is 8.57. The molecule has 10 unspecified atom stereocenters. The number of methoxy groups -OCH3 is 9. The van der Waals surface area contributed by atoms with Crippen LogP contribution in [0.1, 0.15) is 27.7 Å². The maximum absolute atomic E-state index is 11.8. The lowest BCUT2D eigenvalue weighted by molar-refractivity contribution is -0.349. The Bertz CT molecular complexity index is 935. The molecule has 15 heteroatoms. The van der Waals surface area contributed by atoms with Gasteiger partial charge in [-0.05, 0) is 27.7 Å². The average Bonchev–Trinajstić information content (AvgIpc) is 3.04. The van der Waals surface area contributed by atoms with E-state index in [-0.39, 0.29) is 37.4 Å². The van der Waals surface area contributed by atoms with Crippen LogP contribution < -0.4 is 0 Å². The highest BCUT2D eigenvalue weighted by Crippen LogP contribution is 2.38. The summed E-state index contributed by atoms with van der Waals surface area (Å²) in [4.78, 5) is 23.0. The smallest absolute Gasteiger partial charge is 0.187 e. The van der Waals surface area contributed by atoms with Gasteiger partial charge in [-0.25, -0.2) is 0 Å². The number of hydrogen-bond acceptors (Lipinski definition) is 15. The minimum atomic E-state index is -0.865. The molecule has 0 saturated carbocycles. The van der Waals surface area contributed by atoms with Crippen molar-refractivity contribution >= 4 is 12.6 Å². The molecule has 0 aromatic carbocycles. The van der Waals surface area contributed by atoms with Crippen LogP contribution in [0.25, 0.3) is 0 Å². The molecule has 15 nitrogen and oxygen atoms in total. The Morgan fingerprint density at radius 2 is 0.917 bits per heavy atom. The number of hydrogen-bond donors (Lipinski definition) is 0. The molecule has 3 fully saturated rings. The summed E-state index contributed by atoms with van der Waals surface area (Å²) < 4.78 is 74.1. The van der Waals surface area contributed by atoms with E-state index in [1.807, 2.05) is 27.7 Å². The van der Waals surface area contributed by atoms with Crippen molar-refractivity contribution in [2.24, 2.45) is 11.8 Å². The van der Waals surface area contributed by atoms with E-state index in [2.05, 4.69) is 0 Å². The van der Waals surface area contributed by atoms with Gasteiger partial charge in [-0.2, -0.15) is 0 Å². The molecule has 3 saturated heterocycles. The fraction of sp³-hybridized carbons (Fsp3) is 0.939. The van der Waals surface area contributed by atoms with Gasteiger partial charge in [0.25, 0.3) is 0 Å². The molecule has 0 amide bonds. The second kappa shape index (κ2) is 20.0. The molecule has 0 spiro atoms. The molecule has 3 aliphatic rings. The second-order valence-corrected chi connectivity index (χ2v) is 13.1. The summed E-state index contributed by atoms with van der Waals surface area (Å²) in [6.07, 6.45) is -3.84. The van der Waals surface area contributed by atoms with Gasteiger partial charge in [-0.1, -0.05) is 0 Å². The maximum Gasteiger partial charge on any atom is 0.187 e. The summed E-state index contributed by atoms with van der Waals surface area (Å²) in [7, 11) is 14.2. The zero-order valence-corrected chi connectivity index (χ0v) is 30.9. The predicted octanol–water partition coefficient (Wildman–Crippen LogP) is 1.10. The minimum absolute atomic E-state index is 0.198. The van der Waals surface area contributed by atoms with Crippen molar-refractivity contribution < 1.29 is 71.2 Å². The van der Waals surface area contributed by atoms with Gasteiger partial charge in [-0.15, -0.1) is 0 Å². The standard InChI is InChI=1S/C21H38O10.C12H22O5/c1-21(2)19(28-8)17(26-6)16(14(31-21)11-24-4)30-20-18(27-7)15(25-5)12(9-22)13(29-20)10-23-3;1-12(2)11(16-5)10(15-4)8(6-13)9(17-12)7-14-3/h9,12-20H,10-11H2,1-8H3;6,8-11H,7H2,1-5H3/t12-,13?,14?,15?,16+,17?,18?,19?,20?;8-,9?,10?,11?/m00/s1. The average molecular weight is 697 g/mol. The molecule has 3 rings (SSSR count). The lowest BCUT2D eigenvalue weighted by Gasteiger charge is -2.51. The molecule has 3 heterocycles. The number of carbonyl (C=O) groups excluding carboxylic acids is 2. The summed E-state index contributed by atoms with van der Waals surface area (Å²) in [5.74, 6) is -0.950. The van der Waals surface area contributed by atoms with Crippen molar-refractivity contribution in [1.29, 1.82) is 0 Å². The van der Waals surface area contributed by atoms with Crippen LogP contribution in [0.15, 0.2) is 0 Å². The third-order valence-electron chi connectivity index (χ3n) is 9.28. The zero-order valence-electron chi connectivity index (χ0n) is 30.9. The van der Waals surface area contributed by atoms with Crippen LogP contribution in [-0.2, 0) is 71.2 Å². The molecule has 282 valence electrons. The Morgan fingerprint density at radius 3 is 1.35 bits per heavy atom. The van der Waals surface area contributed by atoms with Gasteiger partial charge >= 0.3 is 0 Å². The Morgan fingerprint density at radius 1 is 0.500 bits per heavy atom. The fourth-order valence-electron chi connectivity index (χ4n) is 7.16. The van der Waals surface area contributed by atoms with E-state index in [0.29, 0.717) is 6.61 Å². The van der Waals surface area contributed by atoms with Gasteiger partial charge < -0.3 is 71.2 Å². The quantitative estimate of drug-likeness (QED) is 0.212. The van der Waals surface area contributed by atoms with E-state index in [1.165, 1.54) is 14.2 Å². The van der Waals surface area contributed by atoms with Crippen molar-refractivity contribution in [3.05, 3.63) is 0 Å². The lowest BCUT2D eigenvalue weighted by Crippen LogP contribution is -2.67. The van der Waals surface area contributed by atoms with E-state index in [1.54, 1.807) is 49.8 Å². The minimum Gasteiger partial charge on any atom is -0.382 e. The van der Waals surface area contributed by atoms with E-state index < -0.39 is 66.1 Å². The Kier molecular flexibility index (Phi) is 17.9. The van der Waals surface area contributed by atoms with Crippen LogP contribution in [0.3, 0.4) is 0 Å². The Labute approximate surface area is 285 Å².